The minimum absolute atomic E-state index is 0.128. The largest absolute Gasteiger partial charge is 0.481 e. The summed E-state index contributed by atoms with van der Waals surface area (Å²) in [6, 6.07) is 0. The van der Waals surface area contributed by atoms with Gasteiger partial charge in [-0.1, -0.05) is 0 Å². The summed E-state index contributed by atoms with van der Waals surface area (Å²) >= 11 is 0. The van der Waals surface area contributed by atoms with Gasteiger partial charge in [-0.05, 0) is 62.3 Å². The Morgan fingerprint density at radius 1 is 0.514 bits per heavy atom. The van der Waals surface area contributed by atoms with Crippen molar-refractivity contribution >= 4 is 17.9 Å². The van der Waals surface area contributed by atoms with E-state index in [1.807, 2.05) is 0 Å². The molecule has 1 N–H and O–H groups in total. The van der Waals surface area contributed by atoms with E-state index in [1.165, 1.54) is 0 Å². The molecule has 0 unspecified atom stereocenters. The lowest BCUT2D eigenvalue weighted by molar-refractivity contribution is -0.286. The molecule has 0 bridgehead atoms. The highest BCUT2D eigenvalue weighted by molar-refractivity contribution is 5.91. The minimum atomic E-state index is -1.02. The molecule has 35 heavy (non-hydrogen) atoms. The molecular formula is C24H40O11. The van der Waals surface area contributed by atoms with Gasteiger partial charge in [0, 0.05) is 0 Å². The van der Waals surface area contributed by atoms with Crippen LogP contribution >= 0.6 is 0 Å². The molecule has 3 heterocycles. The summed E-state index contributed by atoms with van der Waals surface area (Å²) in [5, 5.41) is 8.81. The molecule has 11 heteroatoms. The van der Waals surface area contributed by atoms with Gasteiger partial charge in [-0.25, -0.2) is 0 Å². The number of aliphatic carboxylic acids is 1. The second-order valence-electron chi connectivity index (χ2n) is 11.6. The summed E-state index contributed by atoms with van der Waals surface area (Å²) in [6.45, 7) is 16.4. The number of ether oxygens (including phenoxy) is 7. The molecule has 3 fully saturated rings. The highest BCUT2D eigenvalue weighted by Gasteiger charge is 2.48. The van der Waals surface area contributed by atoms with Crippen LogP contribution in [0.2, 0.25) is 0 Å². The topological polar surface area (TPSA) is 136 Å². The first-order valence-corrected chi connectivity index (χ1v) is 11.6. The number of carboxylic acid groups (broad SMARTS) is 1. The zero-order valence-electron chi connectivity index (χ0n) is 22.3. The Kier molecular flexibility index (Phi) is 8.48. The zero-order chi connectivity index (χ0) is 26.9. The van der Waals surface area contributed by atoms with Crippen LogP contribution in [0.5, 0.6) is 0 Å². The van der Waals surface area contributed by atoms with Gasteiger partial charge in [-0.3, -0.25) is 14.4 Å². The standard InChI is InChI=1S/C16H26O7.C8H14O4/c1-13(2)19-7-15(5,8-20-13)11(17)23-12(18)16(6)9-21-14(3,4)22-10-16;1-7(2)11-4-8(3,5-12-7)6(9)10/h7-10H2,1-6H3;4-5H2,1-3H3,(H,9,10). The number of esters is 2. The number of hydrogen-bond donors (Lipinski definition) is 1. The van der Waals surface area contributed by atoms with Crippen molar-refractivity contribution in [3.63, 3.8) is 0 Å². The molecule has 3 aliphatic rings. The molecule has 3 saturated heterocycles. The smallest absolute Gasteiger partial charge is 0.324 e. The number of carbonyl (C=O) groups excluding carboxylic acids is 2. The number of carbonyl (C=O) groups is 3. The third kappa shape index (κ3) is 7.68. The first-order chi connectivity index (χ1) is 15.7. The van der Waals surface area contributed by atoms with Gasteiger partial charge in [-0.2, -0.15) is 0 Å². The van der Waals surface area contributed by atoms with Crippen molar-refractivity contribution in [2.45, 2.75) is 79.7 Å². The van der Waals surface area contributed by atoms with Crippen molar-refractivity contribution in [2.75, 3.05) is 39.6 Å². The van der Waals surface area contributed by atoms with E-state index in [1.54, 1.807) is 62.3 Å². The van der Waals surface area contributed by atoms with E-state index >= 15 is 0 Å². The zero-order valence-corrected chi connectivity index (χ0v) is 22.3. The van der Waals surface area contributed by atoms with Gasteiger partial charge in [0.05, 0.1) is 39.6 Å². The van der Waals surface area contributed by atoms with Crippen LogP contribution in [0.1, 0.15) is 62.3 Å². The van der Waals surface area contributed by atoms with E-state index in [-0.39, 0.29) is 39.6 Å². The normalized spacial score (nSPS) is 27.5. The van der Waals surface area contributed by atoms with Crippen LogP contribution in [0.25, 0.3) is 0 Å². The van der Waals surface area contributed by atoms with Crippen LogP contribution in [-0.2, 0) is 47.5 Å². The van der Waals surface area contributed by atoms with E-state index in [4.69, 9.17) is 38.3 Å². The van der Waals surface area contributed by atoms with E-state index in [0.717, 1.165) is 0 Å². The van der Waals surface area contributed by atoms with Crippen molar-refractivity contribution in [1.82, 2.24) is 0 Å². The Morgan fingerprint density at radius 3 is 0.971 bits per heavy atom. The van der Waals surface area contributed by atoms with Crippen LogP contribution in [-0.4, -0.2) is 80.0 Å². The average Bonchev–Trinajstić information content (AvgIpc) is 2.75. The Hall–Kier alpha value is -1.63. The van der Waals surface area contributed by atoms with E-state index in [0.29, 0.717) is 0 Å². The SMILES string of the molecule is CC1(C)OCC(C)(C(=O)O)CO1.CC1(C)OCC(C)(C(=O)OC(=O)C2(C)COC(C)(C)OC2)CO1. The van der Waals surface area contributed by atoms with Gasteiger partial charge in [0.15, 0.2) is 17.4 Å². The molecule has 3 aliphatic heterocycles. The van der Waals surface area contributed by atoms with Crippen molar-refractivity contribution in [2.24, 2.45) is 16.2 Å². The lowest BCUT2D eigenvalue weighted by Gasteiger charge is -2.41. The molecule has 0 spiro atoms. The first kappa shape index (κ1) is 29.6. The molecule has 202 valence electrons. The molecule has 0 atom stereocenters. The van der Waals surface area contributed by atoms with Crippen LogP contribution in [0.4, 0.5) is 0 Å². The highest BCUT2D eigenvalue weighted by atomic mass is 16.7. The van der Waals surface area contributed by atoms with Gasteiger partial charge in [0.2, 0.25) is 0 Å². The van der Waals surface area contributed by atoms with Gasteiger partial charge in [-0.15, -0.1) is 0 Å². The second-order valence-corrected chi connectivity index (χ2v) is 11.6. The molecule has 0 saturated carbocycles. The fourth-order valence-electron chi connectivity index (χ4n) is 2.94. The molecule has 3 rings (SSSR count). The molecule has 0 amide bonds. The Balaban J connectivity index is 0.000000303. The molecular weight excluding hydrogens is 464 g/mol. The van der Waals surface area contributed by atoms with Crippen molar-refractivity contribution in [1.29, 1.82) is 0 Å². The minimum Gasteiger partial charge on any atom is -0.481 e. The first-order valence-electron chi connectivity index (χ1n) is 11.6. The van der Waals surface area contributed by atoms with Gasteiger partial charge in [0.25, 0.3) is 0 Å². The molecule has 0 aromatic heterocycles. The third-order valence-corrected chi connectivity index (χ3v) is 6.12. The molecule has 0 aromatic carbocycles. The van der Waals surface area contributed by atoms with Crippen molar-refractivity contribution in [3.05, 3.63) is 0 Å². The monoisotopic (exact) mass is 504 g/mol. The average molecular weight is 505 g/mol. The Labute approximate surface area is 206 Å². The quantitative estimate of drug-likeness (QED) is 0.448. The third-order valence-electron chi connectivity index (χ3n) is 6.12. The van der Waals surface area contributed by atoms with Gasteiger partial charge in [0.1, 0.15) is 16.2 Å². The summed E-state index contributed by atoms with van der Waals surface area (Å²) in [7, 11) is 0. The van der Waals surface area contributed by atoms with Crippen LogP contribution in [0.15, 0.2) is 0 Å². The van der Waals surface area contributed by atoms with Gasteiger partial charge < -0.3 is 38.3 Å². The highest BCUT2D eigenvalue weighted by Crippen LogP contribution is 2.34. The van der Waals surface area contributed by atoms with Crippen molar-refractivity contribution < 1.29 is 52.6 Å². The fraction of sp³-hybridized carbons (Fsp3) is 0.875. The number of rotatable bonds is 3. The van der Waals surface area contributed by atoms with Crippen LogP contribution in [0.3, 0.4) is 0 Å². The maximum absolute atomic E-state index is 12.4. The van der Waals surface area contributed by atoms with Crippen LogP contribution in [0, 0.1) is 16.2 Å². The van der Waals surface area contributed by atoms with E-state index in [2.05, 4.69) is 0 Å². The van der Waals surface area contributed by atoms with Crippen LogP contribution < -0.4 is 0 Å². The maximum Gasteiger partial charge on any atom is 0.324 e. The summed E-state index contributed by atoms with van der Waals surface area (Å²) < 4.78 is 37.5. The number of carboxylic acids is 1. The fourth-order valence-corrected chi connectivity index (χ4v) is 2.94. The molecule has 0 aliphatic carbocycles. The molecule has 11 nitrogen and oxygen atoms in total. The van der Waals surface area contributed by atoms with Gasteiger partial charge >= 0.3 is 17.9 Å². The lowest BCUT2D eigenvalue weighted by atomic mass is 9.90. The second kappa shape index (κ2) is 10.0. The van der Waals surface area contributed by atoms with E-state index in [9.17, 15) is 14.4 Å². The Bertz CT molecular complexity index is 740. The molecule has 0 aromatic rings. The van der Waals surface area contributed by atoms with E-state index < -0.39 is 51.5 Å². The summed E-state index contributed by atoms with van der Waals surface area (Å²) in [4.78, 5) is 35.5. The maximum atomic E-state index is 12.4. The summed E-state index contributed by atoms with van der Waals surface area (Å²) in [6.07, 6.45) is 0. The number of hydrogen-bond acceptors (Lipinski definition) is 10. The lowest BCUT2D eigenvalue weighted by Crippen LogP contribution is -2.53. The molecule has 0 radical (unpaired) electrons. The Morgan fingerprint density at radius 2 is 0.743 bits per heavy atom. The van der Waals surface area contributed by atoms with Crippen molar-refractivity contribution in [3.8, 4) is 0 Å². The predicted molar refractivity (Wildman–Crippen MR) is 121 cm³/mol. The predicted octanol–water partition coefficient (Wildman–Crippen LogP) is 2.49. The summed E-state index contributed by atoms with van der Waals surface area (Å²) in [5.41, 5.74) is -2.93. The summed E-state index contributed by atoms with van der Waals surface area (Å²) in [5.74, 6) is -4.33.